The van der Waals surface area contributed by atoms with Crippen LogP contribution in [0.15, 0.2) is 0 Å². The molecule has 0 aromatic rings. The molecule has 0 unspecified atom stereocenters. The van der Waals surface area contributed by atoms with Crippen molar-refractivity contribution in [3.05, 3.63) is 0 Å². The first kappa shape index (κ1) is 20.9. The Bertz CT molecular complexity index is 112. The first-order chi connectivity index (χ1) is 7.02. The highest BCUT2D eigenvalue weighted by Crippen LogP contribution is 1.95. The molecule has 0 spiro atoms. The normalized spacial score (nSPS) is 10.5. The van der Waals surface area contributed by atoms with E-state index in [-0.39, 0.29) is 0 Å². The van der Waals surface area contributed by atoms with Gasteiger partial charge in [-0.3, -0.25) is 0 Å². The van der Waals surface area contributed by atoms with Crippen LogP contribution in [-0.4, -0.2) is 45.5 Å². The van der Waals surface area contributed by atoms with Gasteiger partial charge in [0.05, 0.1) is 27.7 Å². The van der Waals surface area contributed by atoms with E-state index in [0.29, 0.717) is 0 Å². The molecular formula is C9H20F6N+. The minimum Gasteiger partial charge on any atom is -0.331 e. The third-order valence-corrected chi connectivity index (χ3v) is 1.18. The summed E-state index contributed by atoms with van der Waals surface area (Å²) in [6.45, 7) is -3.80. The first-order valence-electron chi connectivity index (χ1n) is 4.67. The summed E-state index contributed by atoms with van der Waals surface area (Å²) in [5, 5.41) is 0. The molecule has 0 atom stereocenters. The summed E-state index contributed by atoms with van der Waals surface area (Å²) in [7, 11) is 6.70. The molecule has 16 heavy (non-hydrogen) atoms. The van der Waals surface area contributed by atoms with Crippen LogP contribution in [0.2, 0.25) is 0 Å². The fraction of sp³-hybridized carbons (Fsp3) is 1.00. The minimum absolute atomic E-state index is 1.10. The lowest BCUT2D eigenvalue weighted by Crippen LogP contribution is -2.35. The predicted molar refractivity (Wildman–Crippen MR) is 52.0 cm³/mol. The van der Waals surface area contributed by atoms with E-state index >= 15 is 0 Å². The molecule has 0 aliphatic rings. The lowest BCUT2D eigenvalue weighted by molar-refractivity contribution is -0.870. The fourth-order valence-electron chi connectivity index (χ4n) is 0.632. The van der Waals surface area contributed by atoms with Crippen molar-refractivity contribution >= 4 is 0 Å². The van der Waals surface area contributed by atoms with Gasteiger partial charge in [0, 0.05) is 0 Å². The molecule has 0 bridgehead atoms. The number of unbranched alkanes of at least 4 members (excludes halogenated alkanes) is 1. The zero-order valence-electron chi connectivity index (χ0n) is 9.99. The highest BCUT2D eigenvalue weighted by molar-refractivity contribution is 4.29. The molecule has 0 N–H and O–H groups in total. The van der Waals surface area contributed by atoms with E-state index < -0.39 is 13.4 Å². The highest BCUT2D eigenvalue weighted by atomic mass is 19.4. The van der Waals surface area contributed by atoms with Gasteiger partial charge >= 0.3 is 13.4 Å². The van der Waals surface area contributed by atoms with Crippen LogP contribution in [0.3, 0.4) is 0 Å². The molecule has 0 aromatic heterocycles. The van der Waals surface area contributed by atoms with Crippen molar-refractivity contribution in [1.82, 2.24) is 0 Å². The Balaban J connectivity index is -0.000000179. The van der Waals surface area contributed by atoms with E-state index in [1.54, 1.807) is 0 Å². The number of rotatable bonds is 3. The van der Waals surface area contributed by atoms with Crippen molar-refractivity contribution in [3.63, 3.8) is 0 Å². The van der Waals surface area contributed by atoms with Crippen LogP contribution < -0.4 is 0 Å². The Labute approximate surface area is 92.6 Å². The largest absolute Gasteiger partial charge is 0.379 e. The Morgan fingerprint density at radius 3 is 1.12 bits per heavy atom. The fourth-order valence-corrected chi connectivity index (χ4v) is 0.632. The molecule has 0 amide bonds. The zero-order valence-corrected chi connectivity index (χ0v) is 9.99. The maximum Gasteiger partial charge on any atom is 0.379 e. The van der Waals surface area contributed by atoms with E-state index in [4.69, 9.17) is 0 Å². The standard InChI is InChI=1S/C7H18N.2CHF3/c1-5-6-7-8(2,3)4;2*2-1(3)4/h5-7H2,1-4H3;2*1H/q+1;;. The second kappa shape index (κ2) is 12.6. The lowest BCUT2D eigenvalue weighted by atomic mass is 10.3. The first-order valence-corrected chi connectivity index (χ1v) is 4.67. The molecule has 0 fully saturated rings. The van der Waals surface area contributed by atoms with E-state index in [0.717, 1.165) is 4.48 Å². The summed E-state index contributed by atoms with van der Waals surface area (Å²) in [6, 6.07) is 0. The summed E-state index contributed by atoms with van der Waals surface area (Å²) in [5.41, 5.74) is 0. The van der Waals surface area contributed by atoms with Gasteiger partial charge in [0.25, 0.3) is 0 Å². The molecule has 0 radical (unpaired) electrons. The van der Waals surface area contributed by atoms with Crippen molar-refractivity contribution in [2.75, 3.05) is 27.7 Å². The molecule has 0 aliphatic heterocycles. The van der Waals surface area contributed by atoms with Gasteiger partial charge in [0.15, 0.2) is 0 Å². The molecule has 0 rings (SSSR count). The van der Waals surface area contributed by atoms with Crippen LogP contribution in [0.25, 0.3) is 0 Å². The van der Waals surface area contributed by atoms with E-state index in [2.05, 4.69) is 28.1 Å². The quantitative estimate of drug-likeness (QED) is 0.531. The Morgan fingerprint density at radius 1 is 0.812 bits per heavy atom. The SMILES string of the molecule is CCCC[N+](C)(C)C.FC(F)F.FC(F)F. The summed E-state index contributed by atoms with van der Waals surface area (Å²) >= 11 is 0. The van der Waals surface area contributed by atoms with Gasteiger partial charge in [-0.2, -0.15) is 26.3 Å². The number of hydrogen-bond donors (Lipinski definition) is 0. The van der Waals surface area contributed by atoms with E-state index in [1.165, 1.54) is 19.4 Å². The van der Waals surface area contributed by atoms with Crippen molar-refractivity contribution in [2.24, 2.45) is 0 Å². The van der Waals surface area contributed by atoms with Crippen LogP contribution in [0.1, 0.15) is 19.8 Å². The average Bonchev–Trinajstić information content (AvgIpc) is 1.97. The second-order valence-corrected chi connectivity index (χ2v) is 3.86. The van der Waals surface area contributed by atoms with Crippen LogP contribution in [-0.2, 0) is 0 Å². The van der Waals surface area contributed by atoms with Crippen molar-refractivity contribution in [1.29, 1.82) is 0 Å². The Kier molecular flexibility index (Phi) is 16.5. The van der Waals surface area contributed by atoms with Gasteiger partial charge in [-0.1, -0.05) is 13.3 Å². The van der Waals surface area contributed by atoms with E-state index in [9.17, 15) is 26.3 Å². The molecule has 0 heterocycles. The monoisotopic (exact) mass is 256 g/mol. The summed E-state index contributed by atoms with van der Waals surface area (Å²) in [6.07, 6.45) is 2.67. The van der Waals surface area contributed by atoms with Crippen molar-refractivity contribution in [3.8, 4) is 0 Å². The maximum absolute atomic E-state index is 9.67. The molecule has 7 heteroatoms. The predicted octanol–water partition coefficient (Wildman–Crippen LogP) is 3.85. The van der Waals surface area contributed by atoms with Gasteiger partial charge in [-0.05, 0) is 6.42 Å². The molecule has 0 aromatic carbocycles. The van der Waals surface area contributed by atoms with Gasteiger partial charge in [0.1, 0.15) is 0 Å². The van der Waals surface area contributed by atoms with Crippen molar-refractivity contribution < 1.29 is 30.8 Å². The van der Waals surface area contributed by atoms with Crippen molar-refractivity contribution in [2.45, 2.75) is 33.1 Å². The summed E-state index contributed by atoms with van der Waals surface area (Å²) in [4.78, 5) is 0. The van der Waals surface area contributed by atoms with Gasteiger partial charge < -0.3 is 4.48 Å². The molecule has 0 aliphatic carbocycles. The Hall–Kier alpha value is -0.460. The number of hydrogen-bond acceptors (Lipinski definition) is 0. The molecule has 0 saturated heterocycles. The lowest BCUT2D eigenvalue weighted by Gasteiger charge is -2.23. The zero-order chi connectivity index (χ0) is 13.8. The molecular weight excluding hydrogens is 236 g/mol. The smallest absolute Gasteiger partial charge is 0.331 e. The maximum atomic E-state index is 9.67. The van der Waals surface area contributed by atoms with Crippen LogP contribution >= 0.6 is 0 Å². The third kappa shape index (κ3) is 103. The molecule has 102 valence electrons. The summed E-state index contributed by atoms with van der Waals surface area (Å²) in [5.74, 6) is 0. The van der Waals surface area contributed by atoms with Gasteiger partial charge in [-0.15, -0.1) is 0 Å². The number of nitrogens with zero attached hydrogens (tertiary/aromatic N) is 1. The number of halogens is 6. The topological polar surface area (TPSA) is 0 Å². The third-order valence-electron chi connectivity index (χ3n) is 1.18. The molecule has 0 saturated carbocycles. The van der Waals surface area contributed by atoms with Crippen LogP contribution in [0.4, 0.5) is 26.3 Å². The van der Waals surface area contributed by atoms with Crippen LogP contribution in [0.5, 0.6) is 0 Å². The Morgan fingerprint density at radius 2 is 1.06 bits per heavy atom. The highest BCUT2D eigenvalue weighted by Gasteiger charge is 2.02. The minimum atomic E-state index is -3.67. The molecule has 1 nitrogen and oxygen atoms in total. The average molecular weight is 256 g/mol. The summed E-state index contributed by atoms with van der Waals surface area (Å²) < 4.78 is 59.1. The van der Waals surface area contributed by atoms with Crippen LogP contribution in [0, 0.1) is 0 Å². The van der Waals surface area contributed by atoms with Gasteiger partial charge in [0.2, 0.25) is 0 Å². The second-order valence-electron chi connectivity index (χ2n) is 3.86. The van der Waals surface area contributed by atoms with Gasteiger partial charge in [-0.25, -0.2) is 0 Å². The van der Waals surface area contributed by atoms with E-state index in [1.807, 2.05) is 0 Å². The number of alkyl halides is 6. The number of quaternary nitrogens is 1.